The SMILES string of the molecule is Cc1ccc2ccccc2c1S(=O)(=O)O.Nc1ccccc1. The Morgan fingerprint density at radius 1 is 0.864 bits per heavy atom. The number of nitrogens with two attached hydrogens (primary N) is 1. The quantitative estimate of drug-likeness (QED) is 0.530. The van der Waals surface area contributed by atoms with Gasteiger partial charge in [0.1, 0.15) is 4.90 Å². The highest BCUT2D eigenvalue weighted by Gasteiger charge is 2.16. The number of rotatable bonds is 1. The van der Waals surface area contributed by atoms with E-state index >= 15 is 0 Å². The third kappa shape index (κ3) is 3.84. The van der Waals surface area contributed by atoms with Crippen LogP contribution in [0.2, 0.25) is 0 Å². The van der Waals surface area contributed by atoms with Crippen molar-refractivity contribution in [2.75, 3.05) is 5.73 Å². The maximum Gasteiger partial charge on any atom is 0.295 e. The van der Waals surface area contributed by atoms with Crippen molar-refractivity contribution in [3.05, 3.63) is 72.3 Å². The van der Waals surface area contributed by atoms with E-state index in [4.69, 9.17) is 10.3 Å². The highest BCUT2D eigenvalue weighted by Crippen LogP contribution is 2.25. The molecule has 0 saturated heterocycles. The van der Waals surface area contributed by atoms with Crippen LogP contribution in [0.4, 0.5) is 5.69 Å². The smallest absolute Gasteiger partial charge is 0.295 e. The summed E-state index contributed by atoms with van der Waals surface area (Å²) in [5.41, 5.74) is 6.73. The number of benzene rings is 3. The highest BCUT2D eigenvalue weighted by atomic mass is 32.2. The topological polar surface area (TPSA) is 80.4 Å². The minimum Gasteiger partial charge on any atom is -0.399 e. The molecule has 22 heavy (non-hydrogen) atoms. The standard InChI is InChI=1S/C11H10O3S.C6H7N/c1-8-6-7-9-4-2-3-5-10(9)11(8)15(12,13)14;7-6-4-2-1-3-5-6/h2-7H,1H3,(H,12,13,14);1-5H,7H2. The predicted molar refractivity (Wildman–Crippen MR) is 89.4 cm³/mol. The molecule has 114 valence electrons. The minimum atomic E-state index is -4.16. The summed E-state index contributed by atoms with van der Waals surface area (Å²) in [6.45, 7) is 1.66. The molecule has 0 fully saturated rings. The highest BCUT2D eigenvalue weighted by molar-refractivity contribution is 7.86. The Balaban J connectivity index is 0.000000211. The van der Waals surface area contributed by atoms with Crippen LogP contribution < -0.4 is 5.73 Å². The lowest BCUT2D eigenvalue weighted by Crippen LogP contribution is -2.01. The van der Waals surface area contributed by atoms with Crippen molar-refractivity contribution >= 4 is 26.6 Å². The van der Waals surface area contributed by atoms with Gasteiger partial charge < -0.3 is 5.73 Å². The normalized spacial score (nSPS) is 10.8. The second kappa shape index (κ2) is 6.60. The second-order valence-corrected chi connectivity index (χ2v) is 6.18. The Labute approximate surface area is 130 Å². The van der Waals surface area contributed by atoms with E-state index in [1.807, 2.05) is 48.5 Å². The summed E-state index contributed by atoms with van der Waals surface area (Å²) in [7, 11) is -4.16. The van der Waals surface area contributed by atoms with Crippen LogP contribution >= 0.6 is 0 Å². The summed E-state index contributed by atoms with van der Waals surface area (Å²) in [5, 5.41) is 1.36. The summed E-state index contributed by atoms with van der Waals surface area (Å²) in [6, 6.07) is 20.1. The summed E-state index contributed by atoms with van der Waals surface area (Å²) < 4.78 is 31.6. The molecule has 3 N–H and O–H groups in total. The first-order chi connectivity index (χ1) is 10.4. The van der Waals surface area contributed by atoms with E-state index in [0.29, 0.717) is 10.9 Å². The molecule has 3 aromatic carbocycles. The largest absolute Gasteiger partial charge is 0.399 e. The Kier molecular flexibility index (Phi) is 4.80. The molecule has 0 saturated carbocycles. The molecule has 0 aliphatic heterocycles. The van der Waals surface area contributed by atoms with E-state index in [-0.39, 0.29) is 4.90 Å². The number of aryl methyl sites for hydroxylation is 1. The van der Waals surface area contributed by atoms with Crippen LogP contribution in [-0.4, -0.2) is 13.0 Å². The van der Waals surface area contributed by atoms with Crippen LogP contribution in [0.15, 0.2) is 71.6 Å². The van der Waals surface area contributed by atoms with Crippen molar-refractivity contribution in [3.63, 3.8) is 0 Å². The lowest BCUT2D eigenvalue weighted by Gasteiger charge is -2.06. The first-order valence-electron chi connectivity index (χ1n) is 6.66. The zero-order chi connectivity index (χ0) is 16.2. The van der Waals surface area contributed by atoms with Crippen molar-refractivity contribution < 1.29 is 13.0 Å². The van der Waals surface area contributed by atoms with Crippen LogP contribution in [0.1, 0.15) is 5.56 Å². The Hall–Kier alpha value is -2.37. The Morgan fingerprint density at radius 3 is 2.00 bits per heavy atom. The molecule has 3 rings (SSSR count). The van der Waals surface area contributed by atoms with Crippen LogP contribution in [-0.2, 0) is 10.1 Å². The van der Waals surface area contributed by atoms with Gasteiger partial charge in [0, 0.05) is 11.1 Å². The van der Waals surface area contributed by atoms with Crippen molar-refractivity contribution in [1.82, 2.24) is 0 Å². The van der Waals surface area contributed by atoms with Crippen molar-refractivity contribution in [2.24, 2.45) is 0 Å². The summed E-state index contributed by atoms with van der Waals surface area (Å²) in [4.78, 5) is 0.000556. The molecule has 0 bridgehead atoms. The van der Waals surface area contributed by atoms with Gasteiger partial charge in [0.05, 0.1) is 0 Å². The van der Waals surface area contributed by atoms with Crippen LogP contribution in [0.3, 0.4) is 0 Å². The van der Waals surface area contributed by atoms with Crippen LogP contribution in [0, 0.1) is 6.92 Å². The molecule has 0 radical (unpaired) electrons. The Morgan fingerprint density at radius 2 is 1.45 bits per heavy atom. The van der Waals surface area contributed by atoms with Gasteiger partial charge in [-0.1, -0.05) is 54.6 Å². The average Bonchev–Trinajstić information content (AvgIpc) is 2.47. The monoisotopic (exact) mass is 315 g/mol. The number of fused-ring (bicyclic) bond motifs is 1. The minimum absolute atomic E-state index is 0.000556. The molecular weight excluding hydrogens is 298 g/mol. The molecule has 4 nitrogen and oxygen atoms in total. The van der Waals surface area contributed by atoms with Gasteiger partial charge in [-0.05, 0) is 30.0 Å². The van der Waals surface area contributed by atoms with Gasteiger partial charge >= 0.3 is 0 Å². The number of para-hydroxylation sites is 1. The Bertz CT molecular complexity index is 875. The molecule has 0 aromatic heterocycles. The van der Waals surface area contributed by atoms with E-state index in [1.54, 1.807) is 25.1 Å². The fraction of sp³-hybridized carbons (Fsp3) is 0.0588. The molecule has 0 spiro atoms. The fourth-order valence-corrected chi connectivity index (χ4v) is 3.09. The van der Waals surface area contributed by atoms with E-state index in [1.165, 1.54) is 0 Å². The van der Waals surface area contributed by atoms with Gasteiger partial charge in [-0.2, -0.15) is 8.42 Å². The first-order valence-corrected chi connectivity index (χ1v) is 8.10. The predicted octanol–water partition coefficient (Wildman–Crippen LogP) is 3.66. The average molecular weight is 315 g/mol. The first kappa shape index (κ1) is 16.0. The number of nitrogen functional groups attached to an aromatic ring is 1. The molecular formula is C17H17NO3S. The van der Waals surface area contributed by atoms with Gasteiger partial charge in [-0.3, -0.25) is 4.55 Å². The number of hydrogen-bond acceptors (Lipinski definition) is 3. The molecule has 0 aliphatic carbocycles. The lowest BCUT2D eigenvalue weighted by molar-refractivity contribution is 0.483. The molecule has 5 heteroatoms. The zero-order valence-corrected chi connectivity index (χ0v) is 12.9. The maximum absolute atomic E-state index is 11.2. The molecule has 0 unspecified atom stereocenters. The summed E-state index contributed by atoms with van der Waals surface area (Å²) >= 11 is 0. The van der Waals surface area contributed by atoms with Crippen LogP contribution in [0.25, 0.3) is 10.8 Å². The fourth-order valence-electron chi connectivity index (χ4n) is 2.15. The molecule has 0 atom stereocenters. The third-order valence-electron chi connectivity index (χ3n) is 3.13. The van der Waals surface area contributed by atoms with Gasteiger partial charge in [-0.25, -0.2) is 0 Å². The summed E-state index contributed by atoms with van der Waals surface area (Å²) in [5.74, 6) is 0. The number of anilines is 1. The van der Waals surface area contributed by atoms with E-state index in [2.05, 4.69) is 0 Å². The zero-order valence-electron chi connectivity index (χ0n) is 12.1. The van der Waals surface area contributed by atoms with E-state index in [9.17, 15) is 8.42 Å². The van der Waals surface area contributed by atoms with Crippen LogP contribution in [0.5, 0.6) is 0 Å². The van der Waals surface area contributed by atoms with Gasteiger partial charge in [0.15, 0.2) is 0 Å². The number of hydrogen-bond donors (Lipinski definition) is 2. The second-order valence-electron chi connectivity index (χ2n) is 4.82. The van der Waals surface area contributed by atoms with Gasteiger partial charge in [0.2, 0.25) is 0 Å². The third-order valence-corrected chi connectivity index (χ3v) is 4.19. The van der Waals surface area contributed by atoms with Crippen molar-refractivity contribution in [2.45, 2.75) is 11.8 Å². The molecule has 0 aliphatic rings. The van der Waals surface area contributed by atoms with Crippen molar-refractivity contribution in [1.29, 1.82) is 0 Å². The lowest BCUT2D eigenvalue weighted by atomic mass is 10.1. The van der Waals surface area contributed by atoms with Gasteiger partial charge in [-0.15, -0.1) is 0 Å². The summed E-state index contributed by atoms with van der Waals surface area (Å²) in [6.07, 6.45) is 0. The van der Waals surface area contributed by atoms with Crippen molar-refractivity contribution in [3.8, 4) is 0 Å². The molecule has 0 amide bonds. The maximum atomic E-state index is 11.2. The van der Waals surface area contributed by atoms with E-state index < -0.39 is 10.1 Å². The van der Waals surface area contributed by atoms with E-state index in [0.717, 1.165) is 11.1 Å². The van der Waals surface area contributed by atoms with Gasteiger partial charge in [0.25, 0.3) is 10.1 Å². The molecule has 3 aromatic rings. The molecule has 0 heterocycles.